The fourth-order valence-electron chi connectivity index (χ4n) is 1.92. The van der Waals surface area contributed by atoms with Gasteiger partial charge in [-0.05, 0) is 38.3 Å². The Morgan fingerprint density at radius 3 is 2.93 bits per heavy atom. The highest BCUT2D eigenvalue weighted by molar-refractivity contribution is 5.79. The molecule has 1 aliphatic heterocycles. The van der Waals surface area contributed by atoms with E-state index >= 15 is 0 Å². The third-order valence-corrected chi connectivity index (χ3v) is 2.79. The van der Waals surface area contributed by atoms with Gasteiger partial charge in [-0.1, -0.05) is 12.1 Å². The van der Waals surface area contributed by atoms with E-state index in [1.165, 1.54) is 19.5 Å². The Balaban J connectivity index is 1.99. The molecule has 82 valence electrons. The van der Waals surface area contributed by atoms with Gasteiger partial charge in [0, 0.05) is 13.0 Å². The minimum Gasteiger partial charge on any atom is -0.409 e. The molecule has 1 atom stereocenters. The van der Waals surface area contributed by atoms with Crippen LogP contribution in [0.5, 0.6) is 0 Å². The topological polar surface area (TPSA) is 61.8 Å². The highest BCUT2D eigenvalue weighted by Gasteiger charge is 2.17. The van der Waals surface area contributed by atoms with Gasteiger partial charge >= 0.3 is 0 Å². The van der Waals surface area contributed by atoms with Crippen LogP contribution in [0, 0.1) is 5.92 Å². The number of nitrogens with zero attached hydrogens (tertiary/aromatic N) is 2. The summed E-state index contributed by atoms with van der Waals surface area (Å²) in [5.41, 5.74) is 5.38. The summed E-state index contributed by atoms with van der Waals surface area (Å²) in [5, 5.41) is 11.3. The van der Waals surface area contributed by atoms with E-state index in [0.29, 0.717) is 12.3 Å². The zero-order valence-electron chi connectivity index (χ0n) is 8.95. The molecule has 0 radical (unpaired) electrons. The molecule has 1 fully saturated rings. The van der Waals surface area contributed by atoms with Gasteiger partial charge in [0.15, 0.2) is 0 Å². The summed E-state index contributed by atoms with van der Waals surface area (Å²) in [4.78, 5) is 2.50. The summed E-state index contributed by atoms with van der Waals surface area (Å²) in [5.74, 6) is 1.21. The van der Waals surface area contributed by atoms with Gasteiger partial charge in [-0.25, -0.2) is 0 Å². The standard InChI is InChI=1S/C10H21N3O/c1-9-5-7-13(8-9)6-3-2-4-10(11)12-14/h9,14H,2-8H2,1H3,(H2,11,12). The van der Waals surface area contributed by atoms with Crippen molar-refractivity contribution in [3.8, 4) is 0 Å². The smallest absolute Gasteiger partial charge is 0.139 e. The predicted octanol–water partition coefficient (Wildman–Crippen LogP) is 1.24. The van der Waals surface area contributed by atoms with Crippen LogP contribution in [0.1, 0.15) is 32.6 Å². The molecule has 1 aliphatic rings. The lowest BCUT2D eigenvalue weighted by Crippen LogP contribution is -2.22. The zero-order chi connectivity index (χ0) is 10.4. The molecule has 3 N–H and O–H groups in total. The maximum Gasteiger partial charge on any atom is 0.139 e. The maximum absolute atomic E-state index is 8.33. The molecule has 4 nitrogen and oxygen atoms in total. The van der Waals surface area contributed by atoms with Gasteiger partial charge in [0.1, 0.15) is 5.84 Å². The van der Waals surface area contributed by atoms with Gasteiger partial charge < -0.3 is 15.8 Å². The second kappa shape index (κ2) is 5.86. The third kappa shape index (κ3) is 3.96. The van der Waals surface area contributed by atoms with Gasteiger partial charge in [0.05, 0.1) is 0 Å². The zero-order valence-corrected chi connectivity index (χ0v) is 8.95. The minimum atomic E-state index is 0.347. The van der Waals surface area contributed by atoms with Gasteiger partial charge in [0.25, 0.3) is 0 Å². The number of likely N-dealkylation sites (tertiary alicyclic amines) is 1. The number of oxime groups is 1. The van der Waals surface area contributed by atoms with Crippen molar-refractivity contribution in [3.05, 3.63) is 0 Å². The summed E-state index contributed by atoms with van der Waals surface area (Å²) in [6, 6.07) is 0. The quantitative estimate of drug-likeness (QED) is 0.230. The van der Waals surface area contributed by atoms with Gasteiger partial charge in [-0.3, -0.25) is 0 Å². The molecule has 1 heterocycles. The predicted molar refractivity (Wildman–Crippen MR) is 57.5 cm³/mol. The number of amidine groups is 1. The fraction of sp³-hybridized carbons (Fsp3) is 0.900. The molecule has 0 aromatic carbocycles. The van der Waals surface area contributed by atoms with Crippen LogP contribution in [0.2, 0.25) is 0 Å². The Kier molecular flexibility index (Phi) is 4.73. The van der Waals surface area contributed by atoms with Crippen molar-refractivity contribution < 1.29 is 5.21 Å². The molecule has 0 aromatic heterocycles. The first-order valence-corrected chi connectivity index (χ1v) is 5.41. The summed E-state index contributed by atoms with van der Waals surface area (Å²) in [6.45, 7) is 5.94. The van der Waals surface area contributed by atoms with Gasteiger partial charge in [-0.15, -0.1) is 0 Å². The molecule has 0 amide bonds. The molecule has 0 bridgehead atoms. The molecular weight excluding hydrogens is 178 g/mol. The summed E-state index contributed by atoms with van der Waals surface area (Å²) >= 11 is 0. The largest absolute Gasteiger partial charge is 0.409 e. The summed E-state index contributed by atoms with van der Waals surface area (Å²) in [7, 11) is 0. The second-order valence-electron chi connectivity index (χ2n) is 4.24. The Morgan fingerprint density at radius 2 is 2.36 bits per heavy atom. The number of rotatable bonds is 5. The van der Waals surface area contributed by atoms with Crippen molar-refractivity contribution in [1.82, 2.24) is 4.90 Å². The minimum absolute atomic E-state index is 0.347. The third-order valence-electron chi connectivity index (χ3n) is 2.79. The molecule has 4 heteroatoms. The van der Waals surface area contributed by atoms with Crippen LogP contribution >= 0.6 is 0 Å². The van der Waals surface area contributed by atoms with Crippen molar-refractivity contribution >= 4 is 5.84 Å². The maximum atomic E-state index is 8.33. The molecular formula is C10H21N3O. The van der Waals surface area contributed by atoms with Crippen LogP contribution < -0.4 is 5.73 Å². The first kappa shape index (κ1) is 11.3. The van der Waals surface area contributed by atoms with E-state index in [1.54, 1.807) is 0 Å². The van der Waals surface area contributed by atoms with E-state index < -0.39 is 0 Å². The van der Waals surface area contributed by atoms with Crippen molar-refractivity contribution in [2.75, 3.05) is 19.6 Å². The van der Waals surface area contributed by atoms with E-state index in [2.05, 4.69) is 17.0 Å². The number of unbranched alkanes of at least 4 members (excludes halogenated alkanes) is 1. The number of hydrogen-bond donors (Lipinski definition) is 2. The first-order chi connectivity index (χ1) is 6.72. The van der Waals surface area contributed by atoms with E-state index in [1.807, 2.05) is 0 Å². The van der Waals surface area contributed by atoms with E-state index in [9.17, 15) is 0 Å². The monoisotopic (exact) mass is 199 g/mol. The van der Waals surface area contributed by atoms with E-state index in [4.69, 9.17) is 10.9 Å². The lowest BCUT2D eigenvalue weighted by atomic mass is 10.2. The van der Waals surface area contributed by atoms with Crippen LogP contribution in [-0.4, -0.2) is 35.6 Å². The van der Waals surface area contributed by atoms with Crippen LogP contribution in [0.25, 0.3) is 0 Å². The lowest BCUT2D eigenvalue weighted by Gasteiger charge is -2.14. The van der Waals surface area contributed by atoms with Crippen molar-refractivity contribution in [1.29, 1.82) is 0 Å². The van der Waals surface area contributed by atoms with Gasteiger partial charge in [0.2, 0.25) is 0 Å². The first-order valence-electron chi connectivity index (χ1n) is 5.41. The average molecular weight is 199 g/mol. The molecule has 0 saturated carbocycles. The Labute approximate surface area is 85.8 Å². The Hall–Kier alpha value is -0.770. The summed E-state index contributed by atoms with van der Waals surface area (Å²) < 4.78 is 0. The van der Waals surface area contributed by atoms with Crippen LogP contribution in [0.15, 0.2) is 5.16 Å². The van der Waals surface area contributed by atoms with Crippen LogP contribution in [-0.2, 0) is 0 Å². The highest BCUT2D eigenvalue weighted by atomic mass is 16.4. The molecule has 0 spiro atoms. The van der Waals surface area contributed by atoms with E-state index in [-0.39, 0.29) is 0 Å². The molecule has 0 aromatic rings. The normalized spacial score (nSPS) is 24.4. The Morgan fingerprint density at radius 1 is 1.57 bits per heavy atom. The molecule has 0 aliphatic carbocycles. The molecule has 1 unspecified atom stereocenters. The van der Waals surface area contributed by atoms with Crippen LogP contribution in [0.4, 0.5) is 0 Å². The number of hydrogen-bond acceptors (Lipinski definition) is 3. The average Bonchev–Trinajstić information content (AvgIpc) is 2.58. The van der Waals surface area contributed by atoms with Crippen molar-refractivity contribution in [2.45, 2.75) is 32.6 Å². The number of nitrogens with two attached hydrogens (primary N) is 1. The molecule has 1 saturated heterocycles. The molecule has 1 rings (SSSR count). The highest BCUT2D eigenvalue weighted by Crippen LogP contribution is 2.15. The van der Waals surface area contributed by atoms with E-state index in [0.717, 1.165) is 25.3 Å². The van der Waals surface area contributed by atoms with Gasteiger partial charge in [-0.2, -0.15) is 0 Å². The Bertz CT molecular complexity index is 194. The molecule has 14 heavy (non-hydrogen) atoms. The fourth-order valence-corrected chi connectivity index (χ4v) is 1.92. The van der Waals surface area contributed by atoms with Crippen molar-refractivity contribution in [3.63, 3.8) is 0 Å². The lowest BCUT2D eigenvalue weighted by molar-refractivity contribution is 0.313. The SMILES string of the molecule is CC1CCN(CCCCC(N)=NO)C1. The van der Waals surface area contributed by atoms with Crippen molar-refractivity contribution in [2.24, 2.45) is 16.8 Å². The second-order valence-corrected chi connectivity index (χ2v) is 4.24. The van der Waals surface area contributed by atoms with Crippen LogP contribution in [0.3, 0.4) is 0 Å². The summed E-state index contributed by atoms with van der Waals surface area (Å²) in [6.07, 6.45) is 4.20.